The van der Waals surface area contributed by atoms with E-state index in [4.69, 9.17) is 0 Å². The van der Waals surface area contributed by atoms with Crippen LogP contribution in [0.3, 0.4) is 0 Å². The molecule has 0 radical (unpaired) electrons. The highest BCUT2D eigenvalue weighted by Gasteiger charge is 2.17. The zero-order chi connectivity index (χ0) is 14.7. The van der Waals surface area contributed by atoms with Gasteiger partial charge < -0.3 is 5.32 Å². The number of nitrogens with zero attached hydrogens (tertiary/aromatic N) is 3. The van der Waals surface area contributed by atoms with Gasteiger partial charge in [-0.05, 0) is 24.3 Å². The fraction of sp³-hybridized carbons (Fsp3) is 0.500. The van der Waals surface area contributed by atoms with Crippen LogP contribution in [0.15, 0.2) is 22.3 Å². The Bertz CT molecular complexity index is 672. The molecule has 1 N–H and O–H groups in total. The van der Waals surface area contributed by atoms with Gasteiger partial charge in [0.2, 0.25) is 5.91 Å². The molecular formula is C14H18N4O2S. The smallest absolute Gasteiger partial charge is 0.346 e. The number of carbonyl (C=O) groups is 1. The summed E-state index contributed by atoms with van der Waals surface area (Å²) in [5.74, 6) is 0.627. The molecule has 2 aromatic heterocycles. The molecule has 1 aliphatic rings. The average Bonchev–Trinajstić information content (AvgIpc) is 3.01. The first-order valence-electron chi connectivity index (χ1n) is 7.19. The van der Waals surface area contributed by atoms with Crippen molar-refractivity contribution < 1.29 is 4.79 Å². The lowest BCUT2D eigenvalue weighted by Crippen LogP contribution is -2.33. The summed E-state index contributed by atoms with van der Waals surface area (Å²) in [5.41, 5.74) is -0.168. The maximum absolute atomic E-state index is 12.2. The number of fused-ring (bicyclic) bond motifs is 1. The van der Waals surface area contributed by atoms with E-state index in [0.717, 1.165) is 36.4 Å². The Kier molecular flexibility index (Phi) is 4.19. The molecule has 7 heteroatoms. The summed E-state index contributed by atoms with van der Waals surface area (Å²) in [6.07, 6.45) is 4.01. The van der Waals surface area contributed by atoms with Crippen molar-refractivity contribution in [3.63, 3.8) is 0 Å². The topological polar surface area (TPSA) is 68.9 Å². The van der Waals surface area contributed by atoms with E-state index in [0.29, 0.717) is 13.1 Å². The van der Waals surface area contributed by atoms with Crippen LogP contribution in [0, 0.1) is 0 Å². The highest BCUT2D eigenvalue weighted by molar-refractivity contribution is 7.09. The molecule has 0 unspecified atom stereocenters. The number of amides is 1. The second-order valence-corrected chi connectivity index (χ2v) is 6.21. The lowest BCUT2D eigenvalue weighted by Gasteiger charge is -2.03. The fourth-order valence-electron chi connectivity index (χ4n) is 2.52. The minimum Gasteiger partial charge on any atom is -0.350 e. The highest BCUT2D eigenvalue weighted by Crippen LogP contribution is 2.10. The zero-order valence-electron chi connectivity index (χ0n) is 11.7. The molecule has 1 amide bonds. The fourth-order valence-corrected chi connectivity index (χ4v) is 3.16. The number of thiophene rings is 1. The van der Waals surface area contributed by atoms with E-state index in [9.17, 15) is 9.59 Å². The highest BCUT2D eigenvalue weighted by atomic mass is 32.1. The minimum atomic E-state index is -0.182. The molecule has 0 aliphatic carbocycles. The molecule has 0 saturated heterocycles. The third kappa shape index (κ3) is 3.24. The predicted molar refractivity (Wildman–Crippen MR) is 80.2 cm³/mol. The molecule has 3 rings (SSSR count). The quantitative estimate of drug-likeness (QED) is 0.921. The third-order valence-corrected chi connectivity index (χ3v) is 4.49. The summed E-state index contributed by atoms with van der Waals surface area (Å²) in [5, 5.41) is 9.09. The van der Waals surface area contributed by atoms with Crippen molar-refractivity contribution in [1.29, 1.82) is 0 Å². The molecule has 0 spiro atoms. The predicted octanol–water partition coefficient (Wildman–Crippen LogP) is 1.15. The van der Waals surface area contributed by atoms with Crippen LogP contribution in [0.4, 0.5) is 0 Å². The first-order valence-corrected chi connectivity index (χ1v) is 8.07. The molecular weight excluding hydrogens is 288 g/mol. The van der Waals surface area contributed by atoms with Crippen LogP contribution >= 0.6 is 11.3 Å². The van der Waals surface area contributed by atoms with E-state index in [1.807, 2.05) is 17.5 Å². The average molecular weight is 306 g/mol. The summed E-state index contributed by atoms with van der Waals surface area (Å²) in [6, 6.07) is 3.92. The van der Waals surface area contributed by atoms with Crippen molar-refractivity contribution >= 4 is 17.2 Å². The lowest BCUT2D eigenvalue weighted by molar-refractivity contribution is -0.122. The van der Waals surface area contributed by atoms with Crippen LogP contribution in [0.2, 0.25) is 0 Å². The Morgan fingerprint density at radius 3 is 3.10 bits per heavy atom. The van der Waals surface area contributed by atoms with Gasteiger partial charge in [0.25, 0.3) is 0 Å². The SMILES string of the molecule is O=C(Cn1nc2n(c1=O)CCCCC2)NCc1cccs1. The van der Waals surface area contributed by atoms with Crippen LogP contribution < -0.4 is 11.0 Å². The van der Waals surface area contributed by atoms with Gasteiger partial charge in [0.05, 0.1) is 6.54 Å². The molecule has 0 bridgehead atoms. The lowest BCUT2D eigenvalue weighted by atomic mass is 10.2. The number of hydrogen-bond acceptors (Lipinski definition) is 4. The number of rotatable bonds is 4. The van der Waals surface area contributed by atoms with Gasteiger partial charge in [0, 0.05) is 17.8 Å². The van der Waals surface area contributed by atoms with E-state index in [1.54, 1.807) is 15.9 Å². The molecule has 0 atom stereocenters. The summed E-state index contributed by atoms with van der Waals surface area (Å²) >= 11 is 1.60. The monoisotopic (exact) mass is 306 g/mol. The van der Waals surface area contributed by atoms with E-state index in [-0.39, 0.29) is 18.1 Å². The maximum atomic E-state index is 12.2. The molecule has 21 heavy (non-hydrogen) atoms. The van der Waals surface area contributed by atoms with Crippen molar-refractivity contribution in [3.05, 3.63) is 38.7 Å². The van der Waals surface area contributed by atoms with Crippen LogP contribution in [0.25, 0.3) is 0 Å². The normalized spacial score (nSPS) is 14.5. The Balaban J connectivity index is 1.65. The number of aromatic nitrogens is 3. The molecule has 3 heterocycles. The number of aryl methyl sites for hydroxylation is 1. The summed E-state index contributed by atoms with van der Waals surface area (Å²) in [7, 11) is 0. The Morgan fingerprint density at radius 1 is 1.38 bits per heavy atom. The van der Waals surface area contributed by atoms with Gasteiger partial charge in [-0.15, -0.1) is 11.3 Å². The van der Waals surface area contributed by atoms with Crippen molar-refractivity contribution in [2.75, 3.05) is 0 Å². The van der Waals surface area contributed by atoms with Gasteiger partial charge in [-0.1, -0.05) is 12.5 Å². The van der Waals surface area contributed by atoms with Crippen molar-refractivity contribution in [2.45, 2.75) is 45.3 Å². The van der Waals surface area contributed by atoms with Crippen LogP contribution in [0.1, 0.15) is 30.0 Å². The Labute approximate surface area is 126 Å². The molecule has 0 fully saturated rings. The largest absolute Gasteiger partial charge is 0.350 e. The number of nitrogens with one attached hydrogen (secondary N) is 1. The van der Waals surface area contributed by atoms with Crippen molar-refractivity contribution in [3.8, 4) is 0 Å². The van der Waals surface area contributed by atoms with Gasteiger partial charge >= 0.3 is 5.69 Å². The van der Waals surface area contributed by atoms with E-state index >= 15 is 0 Å². The van der Waals surface area contributed by atoms with E-state index < -0.39 is 0 Å². The third-order valence-electron chi connectivity index (χ3n) is 3.61. The number of hydrogen-bond donors (Lipinski definition) is 1. The van der Waals surface area contributed by atoms with Gasteiger partial charge in [0.15, 0.2) is 0 Å². The van der Waals surface area contributed by atoms with Gasteiger partial charge in [-0.25, -0.2) is 9.48 Å². The van der Waals surface area contributed by atoms with E-state index in [2.05, 4.69) is 10.4 Å². The second-order valence-electron chi connectivity index (χ2n) is 5.17. The molecule has 6 nitrogen and oxygen atoms in total. The van der Waals surface area contributed by atoms with E-state index in [1.165, 1.54) is 4.68 Å². The van der Waals surface area contributed by atoms with Crippen molar-refractivity contribution in [2.24, 2.45) is 0 Å². The van der Waals surface area contributed by atoms with Gasteiger partial charge in [-0.3, -0.25) is 9.36 Å². The number of carbonyl (C=O) groups excluding carboxylic acids is 1. The zero-order valence-corrected chi connectivity index (χ0v) is 12.6. The van der Waals surface area contributed by atoms with Gasteiger partial charge in [0.1, 0.15) is 12.4 Å². The first-order chi connectivity index (χ1) is 10.2. The first kappa shape index (κ1) is 14.1. The molecule has 2 aromatic rings. The van der Waals surface area contributed by atoms with Crippen molar-refractivity contribution in [1.82, 2.24) is 19.7 Å². The molecule has 112 valence electrons. The second kappa shape index (κ2) is 6.26. The summed E-state index contributed by atoms with van der Waals surface area (Å²) < 4.78 is 2.99. The summed E-state index contributed by atoms with van der Waals surface area (Å²) in [6.45, 7) is 1.20. The van der Waals surface area contributed by atoms with Crippen LogP contribution in [0.5, 0.6) is 0 Å². The summed E-state index contributed by atoms with van der Waals surface area (Å²) in [4.78, 5) is 25.2. The minimum absolute atomic E-state index is 0.00971. The molecule has 0 aromatic carbocycles. The van der Waals surface area contributed by atoms with Crippen LogP contribution in [-0.2, 0) is 30.8 Å². The Morgan fingerprint density at radius 2 is 2.29 bits per heavy atom. The molecule has 0 saturated carbocycles. The Hall–Kier alpha value is -1.89. The van der Waals surface area contributed by atoms with Crippen LogP contribution in [-0.4, -0.2) is 20.3 Å². The molecule has 1 aliphatic heterocycles. The van der Waals surface area contributed by atoms with Gasteiger partial charge in [-0.2, -0.15) is 5.10 Å². The standard InChI is InChI=1S/C14H18N4O2S/c19-13(15-9-11-5-4-8-21-11)10-18-14(20)17-7-3-1-2-6-12(17)16-18/h4-5,8H,1-3,6-7,9-10H2,(H,15,19). The maximum Gasteiger partial charge on any atom is 0.346 e.